The topological polar surface area (TPSA) is 72.5 Å². The quantitative estimate of drug-likeness (QED) is 0.848. The molecule has 0 spiro atoms. The van der Waals surface area contributed by atoms with Crippen LogP contribution in [0.15, 0.2) is 18.2 Å². The van der Waals surface area contributed by atoms with Gasteiger partial charge in [0, 0.05) is 18.9 Å². The van der Waals surface area contributed by atoms with E-state index in [-0.39, 0.29) is 18.0 Å². The lowest BCUT2D eigenvalue weighted by atomic mass is 10.3. The predicted octanol–water partition coefficient (Wildman–Crippen LogP) is 0.964. The fraction of sp³-hybridized carbons (Fsp3) is 0.364. The maximum absolute atomic E-state index is 12.9. The zero-order chi connectivity index (χ0) is 14.5. The summed E-state index contributed by atoms with van der Waals surface area (Å²) in [4.78, 5) is 11.4. The molecule has 0 aromatic heterocycles. The van der Waals surface area contributed by atoms with Crippen LogP contribution < -0.4 is 5.32 Å². The van der Waals surface area contributed by atoms with E-state index in [1.807, 2.05) is 0 Å². The molecule has 1 N–H and O–H groups in total. The number of benzene rings is 1. The molecule has 1 rings (SSSR count). The molecule has 0 saturated heterocycles. The smallest absolute Gasteiger partial charge is 0.239 e. The van der Waals surface area contributed by atoms with E-state index in [1.54, 1.807) is 0 Å². The fourth-order valence-corrected chi connectivity index (χ4v) is 2.29. The molecule has 19 heavy (non-hydrogen) atoms. The molecule has 5 nitrogen and oxygen atoms in total. The van der Waals surface area contributed by atoms with Crippen molar-refractivity contribution in [2.75, 3.05) is 30.5 Å². The maximum Gasteiger partial charge on any atom is 0.239 e. The van der Waals surface area contributed by atoms with Gasteiger partial charge in [-0.15, -0.1) is 0 Å². The number of halogens is 2. The third-order valence-electron chi connectivity index (χ3n) is 2.15. The van der Waals surface area contributed by atoms with E-state index in [0.29, 0.717) is 0 Å². The second kappa shape index (κ2) is 6.58. The van der Waals surface area contributed by atoms with Gasteiger partial charge in [0.15, 0.2) is 21.5 Å². The van der Waals surface area contributed by atoms with Crippen molar-refractivity contribution in [3.05, 3.63) is 29.8 Å². The first-order valence-electron chi connectivity index (χ1n) is 5.28. The monoisotopic (exact) mass is 293 g/mol. The lowest BCUT2D eigenvalue weighted by Crippen LogP contribution is -2.26. The van der Waals surface area contributed by atoms with Crippen LogP contribution in [0, 0.1) is 11.6 Å². The zero-order valence-electron chi connectivity index (χ0n) is 10.2. The summed E-state index contributed by atoms with van der Waals surface area (Å²) in [7, 11) is -2.24. The molecule has 0 heterocycles. The first-order chi connectivity index (χ1) is 8.84. The normalized spacial score (nSPS) is 11.3. The number of sulfone groups is 1. The summed E-state index contributed by atoms with van der Waals surface area (Å²) >= 11 is 0. The lowest BCUT2D eigenvalue weighted by Gasteiger charge is -2.06. The Morgan fingerprint density at radius 1 is 1.32 bits per heavy atom. The highest BCUT2D eigenvalue weighted by Crippen LogP contribution is 2.13. The van der Waals surface area contributed by atoms with Gasteiger partial charge in [0.25, 0.3) is 0 Å². The zero-order valence-corrected chi connectivity index (χ0v) is 11.0. The Morgan fingerprint density at radius 3 is 2.58 bits per heavy atom. The number of methoxy groups -OCH3 is 1. The highest BCUT2D eigenvalue weighted by atomic mass is 32.2. The second-order valence-corrected chi connectivity index (χ2v) is 5.95. The van der Waals surface area contributed by atoms with Gasteiger partial charge < -0.3 is 10.1 Å². The summed E-state index contributed by atoms with van der Waals surface area (Å²) in [6.45, 7) is -0.0131. The Balaban J connectivity index is 2.62. The van der Waals surface area contributed by atoms with Gasteiger partial charge in [-0.25, -0.2) is 17.2 Å². The van der Waals surface area contributed by atoms with Crippen molar-refractivity contribution in [3.8, 4) is 0 Å². The molecule has 0 aliphatic rings. The number of carbonyl (C=O) groups is 1. The number of amides is 1. The van der Waals surface area contributed by atoms with Crippen molar-refractivity contribution < 1.29 is 26.7 Å². The van der Waals surface area contributed by atoms with Crippen LogP contribution in [0.2, 0.25) is 0 Å². The highest BCUT2D eigenvalue weighted by Gasteiger charge is 2.16. The number of hydrogen-bond donors (Lipinski definition) is 1. The van der Waals surface area contributed by atoms with Crippen molar-refractivity contribution in [3.63, 3.8) is 0 Å². The standard InChI is InChI=1S/C11H13F2NO4S/c1-18-4-5-19(16,17)7-11(15)14-8-2-3-9(12)10(13)6-8/h2-3,6H,4-5,7H2,1H3,(H,14,15). The summed E-state index contributed by atoms with van der Waals surface area (Å²) in [5, 5.41) is 2.18. The van der Waals surface area contributed by atoms with Gasteiger partial charge in [0.05, 0.1) is 12.4 Å². The van der Waals surface area contributed by atoms with Crippen LogP contribution in [0.3, 0.4) is 0 Å². The van der Waals surface area contributed by atoms with E-state index in [1.165, 1.54) is 7.11 Å². The lowest BCUT2D eigenvalue weighted by molar-refractivity contribution is -0.113. The van der Waals surface area contributed by atoms with Crippen LogP contribution >= 0.6 is 0 Å². The summed E-state index contributed by atoms with van der Waals surface area (Å²) < 4.78 is 53.0. The molecular weight excluding hydrogens is 280 g/mol. The van der Waals surface area contributed by atoms with Gasteiger partial charge in [-0.3, -0.25) is 4.79 Å². The molecule has 106 valence electrons. The van der Waals surface area contributed by atoms with Gasteiger partial charge in [-0.05, 0) is 12.1 Å². The minimum absolute atomic E-state index is 0.00848. The number of anilines is 1. The highest BCUT2D eigenvalue weighted by molar-refractivity contribution is 7.92. The van der Waals surface area contributed by atoms with Crippen molar-refractivity contribution in [2.24, 2.45) is 0 Å². The van der Waals surface area contributed by atoms with Crippen molar-refractivity contribution >= 4 is 21.4 Å². The van der Waals surface area contributed by atoms with Crippen LogP contribution in [0.25, 0.3) is 0 Å². The van der Waals surface area contributed by atoms with Crippen LogP contribution in [-0.2, 0) is 19.4 Å². The van der Waals surface area contributed by atoms with Crippen LogP contribution in [0.1, 0.15) is 0 Å². The molecule has 8 heteroatoms. The van der Waals surface area contributed by atoms with Crippen molar-refractivity contribution in [1.29, 1.82) is 0 Å². The molecule has 1 aromatic rings. The van der Waals surface area contributed by atoms with Crippen molar-refractivity contribution in [1.82, 2.24) is 0 Å². The summed E-state index contributed by atoms with van der Waals surface area (Å²) in [6, 6.07) is 2.75. The van der Waals surface area contributed by atoms with Gasteiger partial charge in [-0.2, -0.15) is 0 Å². The Hall–Kier alpha value is -1.54. The average Bonchev–Trinajstić information content (AvgIpc) is 2.30. The van der Waals surface area contributed by atoms with E-state index >= 15 is 0 Å². The van der Waals surface area contributed by atoms with E-state index in [4.69, 9.17) is 0 Å². The predicted molar refractivity (Wildman–Crippen MR) is 65.5 cm³/mol. The molecule has 0 saturated carbocycles. The summed E-state index contributed by atoms with van der Waals surface area (Å²) in [5.74, 6) is -4.02. The van der Waals surface area contributed by atoms with Crippen LogP contribution in [0.4, 0.5) is 14.5 Å². The number of ether oxygens (including phenoxy) is 1. The number of nitrogens with one attached hydrogen (secondary N) is 1. The van der Waals surface area contributed by atoms with Gasteiger partial charge in [-0.1, -0.05) is 0 Å². The molecule has 0 radical (unpaired) electrons. The molecular formula is C11H13F2NO4S. The third-order valence-corrected chi connectivity index (χ3v) is 3.64. The first kappa shape index (κ1) is 15.5. The average molecular weight is 293 g/mol. The molecule has 0 bridgehead atoms. The second-order valence-electron chi connectivity index (χ2n) is 3.76. The number of carbonyl (C=O) groups excluding carboxylic acids is 1. The minimum atomic E-state index is -3.59. The van der Waals surface area contributed by atoms with E-state index < -0.39 is 33.1 Å². The Bertz CT molecular complexity index is 560. The van der Waals surface area contributed by atoms with E-state index in [9.17, 15) is 22.0 Å². The van der Waals surface area contributed by atoms with Gasteiger partial charge in [0.2, 0.25) is 5.91 Å². The minimum Gasteiger partial charge on any atom is -0.384 e. The molecule has 0 aliphatic heterocycles. The maximum atomic E-state index is 12.9. The molecule has 1 aromatic carbocycles. The molecule has 1 amide bonds. The Morgan fingerprint density at radius 2 is 2.00 bits per heavy atom. The van der Waals surface area contributed by atoms with Gasteiger partial charge in [0.1, 0.15) is 5.75 Å². The third kappa shape index (κ3) is 5.31. The SMILES string of the molecule is COCCS(=O)(=O)CC(=O)Nc1ccc(F)c(F)c1. The van der Waals surface area contributed by atoms with E-state index in [2.05, 4.69) is 10.1 Å². The van der Waals surface area contributed by atoms with Crippen LogP contribution in [0.5, 0.6) is 0 Å². The van der Waals surface area contributed by atoms with Crippen molar-refractivity contribution in [2.45, 2.75) is 0 Å². The van der Waals surface area contributed by atoms with Gasteiger partial charge >= 0.3 is 0 Å². The molecule has 0 fully saturated rings. The van der Waals surface area contributed by atoms with E-state index in [0.717, 1.165) is 18.2 Å². The summed E-state index contributed by atoms with van der Waals surface area (Å²) in [6.07, 6.45) is 0. The summed E-state index contributed by atoms with van der Waals surface area (Å²) in [5.41, 5.74) is -0.00848. The Kier molecular flexibility index (Phi) is 5.37. The largest absolute Gasteiger partial charge is 0.384 e. The molecule has 0 atom stereocenters. The fourth-order valence-electron chi connectivity index (χ4n) is 1.25. The van der Waals surface area contributed by atoms with Crippen LogP contribution in [-0.4, -0.2) is 39.5 Å². The Labute approximate surface area is 109 Å². The number of rotatable bonds is 6. The first-order valence-corrected chi connectivity index (χ1v) is 7.10. The molecule has 0 aliphatic carbocycles. The molecule has 0 unspecified atom stereocenters. The number of hydrogen-bond acceptors (Lipinski definition) is 4.